The molecule has 1 aromatic carbocycles. The monoisotopic (exact) mass is 380 g/mol. The third kappa shape index (κ3) is 10.2. The molecule has 0 radical (unpaired) electrons. The third-order valence-corrected chi connectivity index (χ3v) is 4.97. The van der Waals surface area contributed by atoms with E-state index in [2.05, 4.69) is 0 Å². The zero-order valence-corrected chi connectivity index (χ0v) is 16.6. The van der Waals surface area contributed by atoms with Gasteiger partial charge >= 0.3 is 5.97 Å². The summed E-state index contributed by atoms with van der Waals surface area (Å²) in [5, 5.41) is 37.7. The highest BCUT2D eigenvalue weighted by molar-refractivity contribution is 5.92. The fourth-order valence-corrected chi connectivity index (χ4v) is 3.46. The number of aromatic carboxylic acids is 1. The number of phenolic OH excluding ortho intramolecular Hbond substituents is 1. The molecule has 0 aromatic heterocycles. The molecule has 0 saturated carbocycles. The first kappa shape index (κ1) is 23.3. The van der Waals surface area contributed by atoms with Crippen molar-refractivity contribution in [1.29, 1.82) is 0 Å². The second kappa shape index (κ2) is 13.4. The molecule has 0 fully saturated rings. The molecule has 0 saturated heterocycles. The van der Waals surface area contributed by atoms with Gasteiger partial charge in [-0.3, -0.25) is 0 Å². The highest BCUT2D eigenvalue weighted by atomic mass is 16.4. The summed E-state index contributed by atoms with van der Waals surface area (Å²) in [4.78, 5) is 11.2. The summed E-state index contributed by atoms with van der Waals surface area (Å²) in [6.45, 7) is 1.85. The van der Waals surface area contributed by atoms with Crippen LogP contribution in [-0.2, 0) is 6.42 Å². The first-order valence-electron chi connectivity index (χ1n) is 10.4. The van der Waals surface area contributed by atoms with E-state index in [-0.39, 0.29) is 23.2 Å². The molecule has 0 aliphatic rings. The molecule has 1 rings (SSSR count). The van der Waals surface area contributed by atoms with Crippen molar-refractivity contribution in [1.82, 2.24) is 0 Å². The van der Waals surface area contributed by atoms with Crippen LogP contribution in [0.1, 0.15) is 99.9 Å². The second-order valence-corrected chi connectivity index (χ2v) is 7.58. The summed E-state index contributed by atoms with van der Waals surface area (Å²) in [6, 6.07) is 2.50. The van der Waals surface area contributed by atoms with Crippen LogP contribution in [0.15, 0.2) is 12.1 Å². The second-order valence-electron chi connectivity index (χ2n) is 7.58. The van der Waals surface area contributed by atoms with Gasteiger partial charge in [0, 0.05) is 6.07 Å². The molecule has 0 amide bonds. The summed E-state index contributed by atoms with van der Waals surface area (Å²) >= 11 is 0. The lowest BCUT2D eigenvalue weighted by atomic mass is 9.99. The number of phenols is 2. The number of aromatic hydroxyl groups is 2. The number of hydrogen-bond donors (Lipinski definition) is 4. The van der Waals surface area contributed by atoms with Crippen LogP contribution in [0.2, 0.25) is 0 Å². The topological polar surface area (TPSA) is 98.0 Å². The van der Waals surface area contributed by atoms with Crippen LogP contribution in [0, 0.1) is 0 Å². The Morgan fingerprint density at radius 2 is 1.33 bits per heavy atom. The number of unbranched alkanes of at least 4 members (excludes halogenated alkanes) is 10. The molecular weight excluding hydrogens is 344 g/mol. The summed E-state index contributed by atoms with van der Waals surface area (Å²) in [5.74, 6) is -1.63. The van der Waals surface area contributed by atoms with Crippen LogP contribution in [0.5, 0.6) is 11.5 Å². The first-order valence-corrected chi connectivity index (χ1v) is 10.4. The number of aliphatic hydroxyl groups excluding tert-OH is 1. The Morgan fingerprint density at radius 1 is 0.852 bits per heavy atom. The fourth-order valence-electron chi connectivity index (χ4n) is 3.46. The van der Waals surface area contributed by atoms with Gasteiger partial charge in [0.1, 0.15) is 17.1 Å². The average Bonchev–Trinajstić information content (AvgIpc) is 2.57. The highest BCUT2D eigenvalue weighted by Crippen LogP contribution is 2.28. The van der Waals surface area contributed by atoms with E-state index in [4.69, 9.17) is 0 Å². The van der Waals surface area contributed by atoms with Crippen LogP contribution < -0.4 is 0 Å². The van der Waals surface area contributed by atoms with Gasteiger partial charge in [-0.2, -0.15) is 0 Å². The molecule has 1 unspecified atom stereocenters. The molecule has 1 aromatic rings. The van der Waals surface area contributed by atoms with Gasteiger partial charge in [0.2, 0.25) is 0 Å². The van der Waals surface area contributed by atoms with E-state index in [1.54, 1.807) is 0 Å². The maximum absolute atomic E-state index is 11.2. The summed E-state index contributed by atoms with van der Waals surface area (Å²) < 4.78 is 0. The zero-order chi connectivity index (χ0) is 20.1. The lowest BCUT2D eigenvalue weighted by Crippen LogP contribution is -2.03. The van der Waals surface area contributed by atoms with E-state index in [9.17, 15) is 25.2 Å². The fraction of sp³-hybridized carbons (Fsp3) is 0.682. The van der Waals surface area contributed by atoms with Gasteiger partial charge in [-0.25, -0.2) is 4.79 Å². The Morgan fingerprint density at radius 3 is 1.81 bits per heavy atom. The number of carboxylic acids is 1. The SMILES string of the molecule is CC(O)CCCCCCCCCCCCCc1cc(O)cc(O)c1C(=O)O. The number of benzene rings is 1. The standard InChI is InChI=1S/C22H36O5/c1-17(23)13-11-9-7-5-3-2-4-6-8-10-12-14-18-15-19(24)16-20(25)21(18)22(26)27/h15-17,23-25H,2-14H2,1H3,(H,26,27). The first-order chi connectivity index (χ1) is 12.9. The minimum Gasteiger partial charge on any atom is -0.508 e. The molecule has 0 aliphatic carbocycles. The van der Waals surface area contributed by atoms with Crippen LogP contribution in [0.25, 0.3) is 0 Å². The van der Waals surface area contributed by atoms with Crippen molar-refractivity contribution >= 4 is 5.97 Å². The van der Waals surface area contributed by atoms with Crippen molar-refractivity contribution in [3.63, 3.8) is 0 Å². The molecule has 27 heavy (non-hydrogen) atoms. The number of carboxylic acid groups (broad SMARTS) is 1. The van der Waals surface area contributed by atoms with Crippen molar-refractivity contribution in [3.8, 4) is 11.5 Å². The van der Waals surface area contributed by atoms with Gasteiger partial charge < -0.3 is 20.4 Å². The van der Waals surface area contributed by atoms with Crippen LogP contribution >= 0.6 is 0 Å². The molecule has 0 spiro atoms. The van der Waals surface area contributed by atoms with Gasteiger partial charge in [0.25, 0.3) is 0 Å². The minimum atomic E-state index is -1.16. The normalized spacial score (nSPS) is 12.2. The third-order valence-electron chi connectivity index (χ3n) is 4.97. The van der Waals surface area contributed by atoms with E-state index >= 15 is 0 Å². The van der Waals surface area contributed by atoms with Gasteiger partial charge in [-0.05, 0) is 37.8 Å². The largest absolute Gasteiger partial charge is 0.508 e. The smallest absolute Gasteiger partial charge is 0.339 e. The Hall–Kier alpha value is -1.75. The maximum Gasteiger partial charge on any atom is 0.339 e. The predicted molar refractivity (Wildman–Crippen MR) is 108 cm³/mol. The molecule has 0 heterocycles. The van der Waals surface area contributed by atoms with Crippen molar-refractivity contribution in [2.45, 2.75) is 96.5 Å². The highest BCUT2D eigenvalue weighted by Gasteiger charge is 2.16. The summed E-state index contributed by atoms with van der Waals surface area (Å²) in [5.41, 5.74) is 0.400. The quantitative estimate of drug-likeness (QED) is 0.305. The van der Waals surface area contributed by atoms with Crippen LogP contribution in [-0.4, -0.2) is 32.5 Å². The molecule has 0 bridgehead atoms. The van der Waals surface area contributed by atoms with Gasteiger partial charge in [-0.1, -0.05) is 64.2 Å². The average molecular weight is 381 g/mol. The number of carbonyl (C=O) groups is 1. The predicted octanol–water partition coefficient (Wildman–Crippen LogP) is 5.40. The van der Waals surface area contributed by atoms with Crippen molar-refractivity contribution < 1.29 is 25.2 Å². The van der Waals surface area contributed by atoms with Crippen molar-refractivity contribution in [2.75, 3.05) is 0 Å². The molecular formula is C22H36O5. The number of rotatable bonds is 15. The van der Waals surface area contributed by atoms with E-state index in [0.717, 1.165) is 38.2 Å². The summed E-state index contributed by atoms with van der Waals surface area (Å²) in [7, 11) is 0. The maximum atomic E-state index is 11.2. The van der Waals surface area contributed by atoms with Crippen molar-refractivity contribution in [2.24, 2.45) is 0 Å². The number of hydrogen-bond acceptors (Lipinski definition) is 4. The Balaban J connectivity index is 2.06. The summed E-state index contributed by atoms with van der Waals surface area (Å²) in [6.07, 6.45) is 14.1. The van der Waals surface area contributed by atoms with E-state index in [1.165, 1.54) is 51.0 Å². The van der Waals surface area contributed by atoms with E-state index in [0.29, 0.717) is 12.0 Å². The van der Waals surface area contributed by atoms with E-state index < -0.39 is 5.97 Å². The molecule has 5 nitrogen and oxygen atoms in total. The minimum absolute atomic E-state index is 0.0961. The Bertz CT molecular complexity index is 554. The lowest BCUT2D eigenvalue weighted by molar-refractivity contribution is 0.0692. The van der Waals surface area contributed by atoms with E-state index in [1.807, 2.05) is 6.92 Å². The molecule has 1 atom stereocenters. The lowest BCUT2D eigenvalue weighted by Gasteiger charge is -2.09. The van der Waals surface area contributed by atoms with Crippen LogP contribution in [0.4, 0.5) is 0 Å². The van der Waals surface area contributed by atoms with Crippen molar-refractivity contribution in [3.05, 3.63) is 23.3 Å². The number of aryl methyl sites for hydroxylation is 1. The van der Waals surface area contributed by atoms with Gasteiger partial charge in [0.15, 0.2) is 0 Å². The molecule has 5 heteroatoms. The van der Waals surface area contributed by atoms with Crippen LogP contribution in [0.3, 0.4) is 0 Å². The molecule has 0 aliphatic heterocycles. The van der Waals surface area contributed by atoms with Gasteiger partial charge in [0.05, 0.1) is 6.10 Å². The zero-order valence-electron chi connectivity index (χ0n) is 16.6. The molecule has 154 valence electrons. The number of aliphatic hydroxyl groups is 1. The Kier molecular flexibility index (Phi) is 11.6. The van der Waals surface area contributed by atoms with Gasteiger partial charge in [-0.15, -0.1) is 0 Å². The Labute approximate surface area is 163 Å². The molecule has 4 N–H and O–H groups in total.